The molecule has 0 radical (unpaired) electrons. The van der Waals surface area contributed by atoms with Gasteiger partial charge in [0.15, 0.2) is 0 Å². The molecule has 100 valence electrons. The summed E-state index contributed by atoms with van der Waals surface area (Å²) in [4.78, 5) is 11.6. The Morgan fingerprint density at radius 1 is 1.39 bits per heavy atom. The van der Waals surface area contributed by atoms with E-state index in [1.807, 2.05) is 0 Å². The van der Waals surface area contributed by atoms with Gasteiger partial charge in [-0.1, -0.05) is 19.9 Å². The van der Waals surface area contributed by atoms with Gasteiger partial charge in [-0.25, -0.2) is 4.79 Å². The fraction of sp³-hybridized carbons (Fsp3) is 0.800. The highest BCUT2D eigenvalue weighted by Crippen LogP contribution is 2.65. The van der Waals surface area contributed by atoms with Gasteiger partial charge in [0, 0.05) is 12.5 Å². The van der Waals surface area contributed by atoms with Crippen molar-refractivity contribution >= 4 is 5.97 Å². The van der Waals surface area contributed by atoms with E-state index in [-0.39, 0.29) is 11.4 Å². The van der Waals surface area contributed by atoms with Crippen molar-refractivity contribution in [3.05, 3.63) is 12.7 Å². The van der Waals surface area contributed by atoms with Crippen LogP contribution in [-0.4, -0.2) is 22.3 Å². The number of carbonyl (C=O) groups is 1. The number of esters is 1. The molecule has 0 saturated heterocycles. The van der Waals surface area contributed by atoms with E-state index in [1.165, 1.54) is 12.5 Å². The molecule has 4 aliphatic rings. The Bertz CT molecular complexity index is 405. The summed E-state index contributed by atoms with van der Waals surface area (Å²) >= 11 is 0. The van der Waals surface area contributed by atoms with Crippen LogP contribution in [0.2, 0.25) is 0 Å². The molecule has 0 aliphatic heterocycles. The average molecular weight is 250 g/mol. The summed E-state index contributed by atoms with van der Waals surface area (Å²) in [5.74, 6) is 0.176. The van der Waals surface area contributed by atoms with E-state index in [1.54, 1.807) is 0 Å². The van der Waals surface area contributed by atoms with Gasteiger partial charge in [0.05, 0.1) is 5.60 Å². The second-order valence-corrected chi connectivity index (χ2v) is 6.89. The van der Waals surface area contributed by atoms with E-state index in [4.69, 9.17) is 4.74 Å². The fourth-order valence-corrected chi connectivity index (χ4v) is 5.26. The largest absolute Gasteiger partial charge is 0.456 e. The minimum atomic E-state index is -0.600. The molecule has 4 bridgehead atoms. The second kappa shape index (κ2) is 3.60. The Kier molecular flexibility index (Phi) is 2.44. The summed E-state index contributed by atoms with van der Waals surface area (Å²) in [6.07, 6.45) is 7.76. The molecule has 4 atom stereocenters. The van der Waals surface area contributed by atoms with Gasteiger partial charge in [0.25, 0.3) is 0 Å². The lowest BCUT2D eigenvalue weighted by atomic mass is 9.45. The summed E-state index contributed by atoms with van der Waals surface area (Å²) < 4.78 is 5.67. The van der Waals surface area contributed by atoms with Crippen molar-refractivity contribution in [1.82, 2.24) is 0 Å². The first-order chi connectivity index (χ1) is 8.42. The van der Waals surface area contributed by atoms with Crippen LogP contribution in [0.3, 0.4) is 0 Å². The Labute approximate surface area is 108 Å². The predicted molar refractivity (Wildman–Crippen MR) is 67.9 cm³/mol. The van der Waals surface area contributed by atoms with Gasteiger partial charge in [0.2, 0.25) is 0 Å². The van der Waals surface area contributed by atoms with E-state index in [0.29, 0.717) is 12.3 Å². The van der Waals surface area contributed by atoms with Crippen LogP contribution in [0.15, 0.2) is 12.7 Å². The molecule has 4 aliphatic carbocycles. The Hall–Kier alpha value is -0.830. The van der Waals surface area contributed by atoms with Crippen LogP contribution in [0.4, 0.5) is 0 Å². The molecule has 0 aromatic rings. The highest BCUT2D eigenvalue weighted by atomic mass is 16.6. The quantitative estimate of drug-likeness (QED) is 0.618. The first kappa shape index (κ1) is 12.2. The number of carbonyl (C=O) groups excluding carboxylic acids is 1. The third-order valence-corrected chi connectivity index (χ3v) is 5.34. The van der Waals surface area contributed by atoms with Crippen LogP contribution >= 0.6 is 0 Å². The zero-order valence-corrected chi connectivity index (χ0v) is 11.1. The van der Waals surface area contributed by atoms with Crippen LogP contribution < -0.4 is 0 Å². The molecular formula is C15H22O3. The van der Waals surface area contributed by atoms with Crippen LogP contribution in [0.5, 0.6) is 0 Å². The summed E-state index contributed by atoms with van der Waals surface area (Å²) in [7, 11) is 0. The molecule has 0 aromatic heterocycles. The predicted octanol–water partition coefficient (Wildman–Crippen LogP) is 2.58. The summed E-state index contributed by atoms with van der Waals surface area (Å²) in [6, 6.07) is 0. The zero-order valence-electron chi connectivity index (χ0n) is 11.1. The van der Waals surface area contributed by atoms with Crippen molar-refractivity contribution in [3.63, 3.8) is 0 Å². The van der Waals surface area contributed by atoms with E-state index in [9.17, 15) is 9.90 Å². The lowest BCUT2D eigenvalue weighted by Crippen LogP contribution is -2.64. The monoisotopic (exact) mass is 250 g/mol. The summed E-state index contributed by atoms with van der Waals surface area (Å²) in [6.45, 7) is 5.67. The molecule has 4 unspecified atom stereocenters. The molecule has 0 spiro atoms. The molecule has 18 heavy (non-hydrogen) atoms. The Morgan fingerprint density at radius 2 is 2.17 bits per heavy atom. The van der Waals surface area contributed by atoms with Crippen molar-refractivity contribution in [1.29, 1.82) is 0 Å². The molecular weight excluding hydrogens is 228 g/mol. The van der Waals surface area contributed by atoms with Crippen LogP contribution in [0.1, 0.15) is 51.9 Å². The minimum absolute atomic E-state index is 0.190. The average Bonchev–Trinajstić information content (AvgIpc) is 2.25. The number of aliphatic hydroxyl groups is 1. The van der Waals surface area contributed by atoms with Gasteiger partial charge in [0.1, 0.15) is 5.60 Å². The van der Waals surface area contributed by atoms with Crippen molar-refractivity contribution in [2.45, 2.75) is 63.1 Å². The highest BCUT2D eigenvalue weighted by Gasteiger charge is 2.63. The van der Waals surface area contributed by atoms with Crippen molar-refractivity contribution in [3.8, 4) is 0 Å². The van der Waals surface area contributed by atoms with Crippen molar-refractivity contribution in [2.24, 2.45) is 11.3 Å². The topological polar surface area (TPSA) is 46.5 Å². The molecule has 3 nitrogen and oxygen atoms in total. The van der Waals surface area contributed by atoms with Gasteiger partial charge in [-0.05, 0) is 43.4 Å². The zero-order chi connectivity index (χ0) is 13.0. The van der Waals surface area contributed by atoms with Gasteiger partial charge < -0.3 is 9.84 Å². The molecule has 0 heterocycles. The van der Waals surface area contributed by atoms with Crippen LogP contribution in [-0.2, 0) is 9.53 Å². The minimum Gasteiger partial charge on any atom is -0.456 e. The van der Waals surface area contributed by atoms with E-state index >= 15 is 0 Å². The SMILES string of the molecule is C=CC(=O)OC12CC3CC(O)(CC(CC)(C3)C1)C2. The molecule has 0 amide bonds. The molecule has 0 aromatic carbocycles. The van der Waals surface area contributed by atoms with E-state index in [2.05, 4.69) is 13.5 Å². The number of ether oxygens (including phenoxy) is 1. The lowest BCUT2D eigenvalue weighted by Gasteiger charge is -2.64. The third kappa shape index (κ3) is 1.71. The van der Waals surface area contributed by atoms with Crippen molar-refractivity contribution < 1.29 is 14.6 Å². The van der Waals surface area contributed by atoms with Gasteiger partial charge >= 0.3 is 5.97 Å². The molecule has 4 fully saturated rings. The van der Waals surface area contributed by atoms with E-state index < -0.39 is 11.2 Å². The maximum atomic E-state index is 11.6. The molecule has 4 saturated carbocycles. The van der Waals surface area contributed by atoms with Gasteiger partial charge in [-0.15, -0.1) is 0 Å². The maximum Gasteiger partial charge on any atom is 0.330 e. The fourth-order valence-electron chi connectivity index (χ4n) is 5.26. The highest BCUT2D eigenvalue weighted by molar-refractivity contribution is 5.81. The third-order valence-electron chi connectivity index (χ3n) is 5.34. The molecule has 4 rings (SSSR count). The Morgan fingerprint density at radius 3 is 2.78 bits per heavy atom. The van der Waals surface area contributed by atoms with Crippen LogP contribution in [0, 0.1) is 11.3 Å². The van der Waals surface area contributed by atoms with Gasteiger partial charge in [-0.2, -0.15) is 0 Å². The summed E-state index contributed by atoms with van der Waals surface area (Å²) in [5.41, 5.74) is -0.831. The first-order valence-electron chi connectivity index (χ1n) is 7.00. The maximum absolute atomic E-state index is 11.6. The summed E-state index contributed by atoms with van der Waals surface area (Å²) in [5, 5.41) is 10.7. The van der Waals surface area contributed by atoms with Gasteiger partial charge in [-0.3, -0.25) is 0 Å². The number of hydrogen-bond acceptors (Lipinski definition) is 3. The normalized spacial score (nSPS) is 49.1. The van der Waals surface area contributed by atoms with Crippen molar-refractivity contribution in [2.75, 3.05) is 0 Å². The Balaban J connectivity index is 1.93. The second-order valence-electron chi connectivity index (χ2n) is 6.89. The first-order valence-corrected chi connectivity index (χ1v) is 7.00. The smallest absolute Gasteiger partial charge is 0.330 e. The molecule has 3 heteroatoms. The van der Waals surface area contributed by atoms with E-state index in [0.717, 1.165) is 32.1 Å². The number of hydrogen-bond donors (Lipinski definition) is 1. The lowest BCUT2D eigenvalue weighted by molar-refractivity contribution is -0.240. The number of rotatable bonds is 3. The standard InChI is InChI=1S/C15H22O3/c1-3-12(16)18-15-7-11-5-13(4-2,9-15)8-14(17,6-11)10-15/h3,11,17H,1,4-10H2,2H3. The molecule has 1 N–H and O–H groups in total. The van der Waals surface area contributed by atoms with Crippen LogP contribution in [0.25, 0.3) is 0 Å².